The van der Waals surface area contributed by atoms with Gasteiger partial charge >= 0.3 is 32.7 Å². The Morgan fingerprint density at radius 1 is 0.600 bits per heavy atom. The Bertz CT molecular complexity index is 436. The molecule has 132 valence electrons. The van der Waals surface area contributed by atoms with Gasteiger partial charge in [-0.25, -0.2) is 34.9 Å². The van der Waals surface area contributed by atoms with Crippen molar-refractivity contribution < 1.29 is 32.7 Å². The molecule has 0 aliphatic heterocycles. The first-order chi connectivity index (χ1) is 11.8. The maximum absolute atomic E-state index is 3.26. The van der Waals surface area contributed by atoms with E-state index in [0.29, 0.717) is 0 Å². The molecule has 25 heavy (non-hydrogen) atoms. The Morgan fingerprint density at radius 3 is 1.04 bits per heavy atom. The second-order valence-corrected chi connectivity index (χ2v) is 6.18. The standard InChI is InChI=1S/3C8H11.Y/c3*1-2-5-8-6-3-4-7-8;/h3*3,6H,2,4-5H2,1H3;/q3*-1;+3. The molecule has 0 amide bonds. The van der Waals surface area contributed by atoms with Crippen LogP contribution in [0.5, 0.6) is 0 Å². The summed E-state index contributed by atoms with van der Waals surface area (Å²) in [6.07, 6.45) is 33.2. The molecule has 0 aromatic rings. The summed E-state index contributed by atoms with van der Waals surface area (Å²) < 4.78 is 0. The van der Waals surface area contributed by atoms with Crippen LogP contribution in [0.15, 0.2) is 53.2 Å². The van der Waals surface area contributed by atoms with Crippen molar-refractivity contribution in [3.05, 3.63) is 71.4 Å². The maximum atomic E-state index is 3.26. The van der Waals surface area contributed by atoms with Crippen molar-refractivity contribution in [1.29, 1.82) is 0 Å². The molecule has 0 nitrogen and oxygen atoms in total. The summed E-state index contributed by atoms with van der Waals surface area (Å²) in [5.74, 6) is 0. The van der Waals surface area contributed by atoms with Crippen molar-refractivity contribution in [3.8, 4) is 0 Å². The first kappa shape index (κ1) is 24.5. The predicted molar refractivity (Wildman–Crippen MR) is 106 cm³/mol. The van der Waals surface area contributed by atoms with E-state index in [-0.39, 0.29) is 32.7 Å². The predicted octanol–water partition coefficient (Wildman–Crippen LogP) is 7.43. The zero-order valence-electron chi connectivity index (χ0n) is 16.4. The van der Waals surface area contributed by atoms with E-state index in [2.05, 4.69) is 75.5 Å². The quantitative estimate of drug-likeness (QED) is 0.400. The van der Waals surface area contributed by atoms with E-state index in [1.54, 1.807) is 0 Å². The van der Waals surface area contributed by atoms with Crippen molar-refractivity contribution in [2.45, 2.75) is 78.6 Å². The van der Waals surface area contributed by atoms with Gasteiger partial charge in [-0.2, -0.15) is 18.2 Å². The van der Waals surface area contributed by atoms with Gasteiger partial charge in [0.25, 0.3) is 0 Å². The normalized spacial score (nSPS) is 16.2. The van der Waals surface area contributed by atoms with Gasteiger partial charge in [0.05, 0.1) is 0 Å². The largest absolute Gasteiger partial charge is 3.00 e. The molecule has 0 unspecified atom stereocenters. The van der Waals surface area contributed by atoms with E-state index in [1.165, 1.54) is 55.2 Å². The molecular weight excluding hydrogens is 377 g/mol. The summed E-state index contributed by atoms with van der Waals surface area (Å²) in [6, 6.07) is 0. The molecule has 0 bridgehead atoms. The van der Waals surface area contributed by atoms with Crippen LogP contribution >= 0.6 is 0 Å². The average molecular weight is 410 g/mol. The molecule has 3 rings (SSSR count). The molecule has 0 N–H and O–H groups in total. The van der Waals surface area contributed by atoms with E-state index < -0.39 is 0 Å². The Morgan fingerprint density at radius 2 is 0.880 bits per heavy atom. The molecular formula is C24H33Y. The molecule has 0 saturated heterocycles. The first-order valence-electron chi connectivity index (χ1n) is 9.58. The van der Waals surface area contributed by atoms with Crippen LogP contribution in [0.4, 0.5) is 0 Å². The fourth-order valence-electron chi connectivity index (χ4n) is 2.67. The Labute approximate surface area is 181 Å². The summed E-state index contributed by atoms with van der Waals surface area (Å²) in [4.78, 5) is 0. The van der Waals surface area contributed by atoms with Crippen molar-refractivity contribution in [2.24, 2.45) is 0 Å². The van der Waals surface area contributed by atoms with Gasteiger partial charge in [0.15, 0.2) is 0 Å². The van der Waals surface area contributed by atoms with E-state index in [1.807, 2.05) is 0 Å². The number of allylic oxidation sites excluding steroid dienone is 12. The zero-order chi connectivity index (χ0) is 17.5. The van der Waals surface area contributed by atoms with Gasteiger partial charge < -0.3 is 0 Å². The van der Waals surface area contributed by atoms with Crippen molar-refractivity contribution in [1.82, 2.24) is 0 Å². The molecule has 0 spiro atoms. The van der Waals surface area contributed by atoms with Crippen molar-refractivity contribution in [3.63, 3.8) is 0 Å². The van der Waals surface area contributed by atoms with Crippen molar-refractivity contribution >= 4 is 0 Å². The van der Waals surface area contributed by atoms with Gasteiger partial charge in [-0.1, -0.05) is 59.3 Å². The zero-order valence-corrected chi connectivity index (χ0v) is 19.2. The van der Waals surface area contributed by atoms with E-state index >= 15 is 0 Å². The van der Waals surface area contributed by atoms with Crippen LogP contribution < -0.4 is 0 Å². The third-order valence-corrected chi connectivity index (χ3v) is 3.86. The molecule has 1 heteroatoms. The number of rotatable bonds is 6. The van der Waals surface area contributed by atoms with Crippen LogP contribution in [0.3, 0.4) is 0 Å². The van der Waals surface area contributed by atoms with Gasteiger partial charge in [0.1, 0.15) is 0 Å². The Kier molecular flexibility index (Phi) is 16.7. The Hall–Kier alpha value is -0.456. The molecule has 0 aromatic carbocycles. The summed E-state index contributed by atoms with van der Waals surface area (Å²) in [7, 11) is 0. The van der Waals surface area contributed by atoms with E-state index in [4.69, 9.17) is 0 Å². The van der Waals surface area contributed by atoms with Crippen LogP contribution in [0.1, 0.15) is 78.6 Å². The van der Waals surface area contributed by atoms with Gasteiger partial charge in [0, 0.05) is 0 Å². The van der Waals surface area contributed by atoms with Crippen LogP contribution in [-0.4, -0.2) is 0 Å². The minimum atomic E-state index is 0. The topological polar surface area (TPSA) is 0 Å². The van der Waals surface area contributed by atoms with Crippen LogP contribution in [0.25, 0.3) is 0 Å². The number of hydrogen-bond acceptors (Lipinski definition) is 0. The molecule has 0 heterocycles. The van der Waals surface area contributed by atoms with Gasteiger partial charge in [-0.15, -0.1) is 19.3 Å². The monoisotopic (exact) mass is 410 g/mol. The average Bonchev–Trinajstić information content (AvgIpc) is 3.33. The molecule has 3 aliphatic rings. The van der Waals surface area contributed by atoms with Gasteiger partial charge in [-0.3, -0.25) is 18.2 Å². The van der Waals surface area contributed by atoms with Gasteiger partial charge in [0.2, 0.25) is 0 Å². The second kappa shape index (κ2) is 17.0. The molecule has 3 aliphatic carbocycles. The minimum absolute atomic E-state index is 0. The maximum Gasteiger partial charge on any atom is 3.00 e. The summed E-state index contributed by atoms with van der Waals surface area (Å²) in [5.41, 5.74) is 4.19. The molecule has 0 radical (unpaired) electrons. The Balaban J connectivity index is 0.000000339. The summed E-state index contributed by atoms with van der Waals surface area (Å²) in [6.45, 7) is 6.59. The molecule has 0 atom stereocenters. The third kappa shape index (κ3) is 12.5. The van der Waals surface area contributed by atoms with Crippen molar-refractivity contribution in [2.75, 3.05) is 0 Å². The smallest absolute Gasteiger partial charge is 0.269 e. The van der Waals surface area contributed by atoms with Crippen LogP contribution in [0, 0.1) is 18.2 Å². The van der Waals surface area contributed by atoms with E-state index in [0.717, 1.165) is 19.3 Å². The minimum Gasteiger partial charge on any atom is -0.269 e. The molecule has 0 aromatic heterocycles. The van der Waals surface area contributed by atoms with Gasteiger partial charge in [-0.05, 0) is 0 Å². The number of hydrogen-bond donors (Lipinski definition) is 0. The second-order valence-electron chi connectivity index (χ2n) is 6.18. The van der Waals surface area contributed by atoms with Crippen LogP contribution in [-0.2, 0) is 32.7 Å². The SMILES string of the molecule is CCCC1=[C-]CC=C1.CCCC1=[C-]CC=C1.CCCC1=[C-]CC=C1.[Y+3]. The molecule has 0 saturated carbocycles. The third-order valence-electron chi connectivity index (χ3n) is 3.86. The molecule has 0 fully saturated rings. The fraction of sp³-hybridized carbons (Fsp3) is 0.500. The van der Waals surface area contributed by atoms with E-state index in [9.17, 15) is 0 Å². The summed E-state index contributed by atoms with van der Waals surface area (Å²) >= 11 is 0. The fourth-order valence-corrected chi connectivity index (χ4v) is 2.67. The summed E-state index contributed by atoms with van der Waals surface area (Å²) in [5, 5.41) is 0. The van der Waals surface area contributed by atoms with Crippen LogP contribution in [0.2, 0.25) is 0 Å². The first-order valence-corrected chi connectivity index (χ1v) is 9.58.